The molecular weight excluding hydrogens is 317 g/mol. The molecule has 0 aliphatic heterocycles. The molecule has 0 bridgehead atoms. The van der Waals surface area contributed by atoms with E-state index >= 15 is 0 Å². The predicted molar refractivity (Wildman–Crippen MR) is 84.8 cm³/mol. The van der Waals surface area contributed by atoms with E-state index < -0.39 is 0 Å². The number of hydrogen-bond acceptors (Lipinski definition) is 4. The minimum Gasteiger partial charge on any atom is -0.467 e. The quantitative estimate of drug-likeness (QED) is 0.706. The van der Waals surface area contributed by atoms with Crippen molar-refractivity contribution in [2.45, 2.75) is 11.7 Å². The summed E-state index contributed by atoms with van der Waals surface area (Å²) in [6.45, 7) is 0.352. The molecule has 3 rings (SSSR count). The monoisotopic (exact) mass is 331 g/mol. The maximum absolute atomic E-state index is 13.3. The van der Waals surface area contributed by atoms with Crippen molar-refractivity contribution < 1.29 is 13.6 Å². The van der Waals surface area contributed by atoms with Gasteiger partial charge in [-0.05, 0) is 30.3 Å². The molecular formula is C16H14FN3O2S. The molecule has 1 aromatic carbocycles. The first-order valence-corrected chi connectivity index (χ1v) is 7.92. The molecule has 0 saturated carbocycles. The Hall–Kier alpha value is -2.54. The number of benzene rings is 1. The predicted octanol–water partition coefficient (Wildman–Crippen LogP) is 3.01. The smallest absolute Gasteiger partial charge is 0.230 e. The summed E-state index contributed by atoms with van der Waals surface area (Å²) in [6, 6.07) is 9.79. The molecule has 0 aliphatic rings. The van der Waals surface area contributed by atoms with Crippen LogP contribution in [-0.4, -0.2) is 21.2 Å². The molecule has 3 aromatic rings. The van der Waals surface area contributed by atoms with Crippen LogP contribution in [0, 0.1) is 5.82 Å². The lowest BCUT2D eigenvalue weighted by molar-refractivity contribution is -0.118. The van der Waals surface area contributed by atoms with E-state index in [4.69, 9.17) is 4.42 Å². The third kappa shape index (κ3) is 4.01. The summed E-state index contributed by atoms with van der Waals surface area (Å²) in [5.41, 5.74) is 0.668. The zero-order valence-electron chi connectivity index (χ0n) is 12.1. The van der Waals surface area contributed by atoms with Crippen LogP contribution in [0.2, 0.25) is 0 Å². The van der Waals surface area contributed by atoms with E-state index in [1.54, 1.807) is 47.5 Å². The van der Waals surface area contributed by atoms with Crippen LogP contribution < -0.4 is 5.32 Å². The standard InChI is InChI=1S/C16H14FN3O2S/c17-12-3-1-4-13(9-12)20-7-6-18-16(20)23-11-15(21)19-10-14-5-2-8-22-14/h1-9H,10-11H2,(H,19,21). The number of imidazole rings is 1. The molecule has 118 valence electrons. The third-order valence-electron chi connectivity index (χ3n) is 3.07. The van der Waals surface area contributed by atoms with Crippen molar-refractivity contribution in [1.29, 1.82) is 0 Å². The summed E-state index contributed by atoms with van der Waals surface area (Å²) in [5, 5.41) is 3.39. The third-order valence-corrected chi connectivity index (χ3v) is 4.03. The second-order valence-electron chi connectivity index (χ2n) is 4.70. The molecule has 0 aliphatic carbocycles. The van der Waals surface area contributed by atoms with Crippen molar-refractivity contribution >= 4 is 17.7 Å². The summed E-state index contributed by atoms with van der Waals surface area (Å²) in [5.74, 6) is 0.473. The van der Waals surface area contributed by atoms with Gasteiger partial charge in [-0.3, -0.25) is 9.36 Å². The van der Waals surface area contributed by atoms with Gasteiger partial charge in [0.05, 0.1) is 24.2 Å². The molecule has 5 nitrogen and oxygen atoms in total. The Kier molecular flexibility index (Phi) is 4.77. The minimum absolute atomic E-state index is 0.125. The molecule has 0 saturated heterocycles. The van der Waals surface area contributed by atoms with E-state index in [0.29, 0.717) is 23.1 Å². The maximum Gasteiger partial charge on any atom is 0.230 e. The highest BCUT2D eigenvalue weighted by Crippen LogP contribution is 2.20. The van der Waals surface area contributed by atoms with Crippen LogP contribution >= 0.6 is 11.8 Å². The number of hydrogen-bond donors (Lipinski definition) is 1. The average Bonchev–Trinajstić information content (AvgIpc) is 3.22. The molecule has 23 heavy (non-hydrogen) atoms. The Labute approximate surface area is 136 Å². The topological polar surface area (TPSA) is 60.1 Å². The van der Waals surface area contributed by atoms with Gasteiger partial charge in [0, 0.05) is 12.4 Å². The van der Waals surface area contributed by atoms with Gasteiger partial charge in [-0.1, -0.05) is 17.8 Å². The number of rotatable bonds is 6. The van der Waals surface area contributed by atoms with Gasteiger partial charge in [-0.25, -0.2) is 9.37 Å². The van der Waals surface area contributed by atoms with Crippen molar-refractivity contribution in [3.05, 3.63) is 66.6 Å². The number of aromatic nitrogens is 2. The molecule has 0 radical (unpaired) electrons. The van der Waals surface area contributed by atoms with Gasteiger partial charge < -0.3 is 9.73 Å². The van der Waals surface area contributed by atoms with E-state index in [2.05, 4.69) is 10.3 Å². The van der Waals surface area contributed by atoms with Crippen LogP contribution in [0.3, 0.4) is 0 Å². The molecule has 2 aromatic heterocycles. The highest BCUT2D eigenvalue weighted by Gasteiger charge is 2.10. The molecule has 1 amide bonds. The van der Waals surface area contributed by atoms with Crippen molar-refractivity contribution in [1.82, 2.24) is 14.9 Å². The Balaban J connectivity index is 1.58. The lowest BCUT2D eigenvalue weighted by atomic mass is 10.3. The van der Waals surface area contributed by atoms with Gasteiger partial charge >= 0.3 is 0 Å². The first-order valence-electron chi connectivity index (χ1n) is 6.93. The molecule has 0 atom stereocenters. The summed E-state index contributed by atoms with van der Waals surface area (Å²) in [6.07, 6.45) is 4.91. The normalized spacial score (nSPS) is 10.7. The number of halogens is 1. The van der Waals surface area contributed by atoms with Gasteiger partial charge in [0.2, 0.25) is 5.91 Å². The van der Waals surface area contributed by atoms with Gasteiger partial charge in [-0.15, -0.1) is 0 Å². The lowest BCUT2D eigenvalue weighted by Gasteiger charge is -2.07. The van der Waals surface area contributed by atoms with Crippen LogP contribution in [0.5, 0.6) is 0 Å². The van der Waals surface area contributed by atoms with E-state index in [9.17, 15) is 9.18 Å². The van der Waals surface area contributed by atoms with Gasteiger partial charge in [0.15, 0.2) is 5.16 Å². The van der Waals surface area contributed by atoms with E-state index in [0.717, 1.165) is 0 Å². The van der Waals surface area contributed by atoms with Crippen LogP contribution in [0.4, 0.5) is 4.39 Å². The Morgan fingerprint density at radius 3 is 3.04 bits per heavy atom. The molecule has 0 fully saturated rings. The fourth-order valence-corrected chi connectivity index (χ4v) is 2.80. The molecule has 2 heterocycles. The first kappa shape index (κ1) is 15.4. The number of carbonyl (C=O) groups excluding carboxylic acids is 1. The van der Waals surface area contributed by atoms with E-state index in [1.165, 1.54) is 23.9 Å². The van der Waals surface area contributed by atoms with Gasteiger partial charge in [-0.2, -0.15) is 0 Å². The Bertz CT molecular complexity index is 786. The zero-order valence-corrected chi connectivity index (χ0v) is 12.9. The summed E-state index contributed by atoms with van der Waals surface area (Å²) < 4.78 is 20.2. The van der Waals surface area contributed by atoms with Crippen LogP contribution in [0.15, 0.2) is 64.6 Å². The van der Waals surface area contributed by atoms with Crippen LogP contribution in [-0.2, 0) is 11.3 Å². The second-order valence-corrected chi connectivity index (χ2v) is 5.65. The zero-order chi connectivity index (χ0) is 16.1. The fraction of sp³-hybridized carbons (Fsp3) is 0.125. The molecule has 0 spiro atoms. The SMILES string of the molecule is O=C(CSc1nccn1-c1cccc(F)c1)NCc1ccco1. The molecule has 7 heteroatoms. The summed E-state index contributed by atoms with van der Waals surface area (Å²) in [4.78, 5) is 16.1. The number of nitrogens with one attached hydrogen (secondary N) is 1. The lowest BCUT2D eigenvalue weighted by Crippen LogP contribution is -2.24. The number of nitrogens with zero attached hydrogens (tertiary/aromatic N) is 2. The van der Waals surface area contributed by atoms with Crippen molar-refractivity contribution in [3.8, 4) is 5.69 Å². The van der Waals surface area contributed by atoms with E-state index in [1.807, 2.05) is 0 Å². The number of thioether (sulfide) groups is 1. The number of furan rings is 1. The fourth-order valence-electron chi connectivity index (χ4n) is 2.00. The Morgan fingerprint density at radius 2 is 2.26 bits per heavy atom. The largest absolute Gasteiger partial charge is 0.467 e. The number of amides is 1. The molecule has 0 unspecified atom stereocenters. The van der Waals surface area contributed by atoms with E-state index in [-0.39, 0.29) is 17.5 Å². The molecule has 1 N–H and O–H groups in total. The van der Waals surface area contributed by atoms with Crippen LogP contribution in [0.1, 0.15) is 5.76 Å². The summed E-state index contributed by atoms with van der Waals surface area (Å²) >= 11 is 1.29. The summed E-state index contributed by atoms with van der Waals surface area (Å²) in [7, 11) is 0. The highest BCUT2D eigenvalue weighted by atomic mass is 32.2. The minimum atomic E-state index is -0.316. The second kappa shape index (κ2) is 7.15. The first-order chi connectivity index (χ1) is 11.2. The number of carbonyl (C=O) groups is 1. The van der Waals surface area contributed by atoms with Crippen molar-refractivity contribution in [3.63, 3.8) is 0 Å². The van der Waals surface area contributed by atoms with Crippen molar-refractivity contribution in [2.75, 3.05) is 5.75 Å². The van der Waals surface area contributed by atoms with Crippen molar-refractivity contribution in [2.24, 2.45) is 0 Å². The van der Waals surface area contributed by atoms with Gasteiger partial charge in [0.1, 0.15) is 11.6 Å². The van der Waals surface area contributed by atoms with Crippen LogP contribution in [0.25, 0.3) is 5.69 Å². The average molecular weight is 331 g/mol. The Morgan fingerprint density at radius 1 is 1.35 bits per heavy atom. The van der Waals surface area contributed by atoms with Gasteiger partial charge in [0.25, 0.3) is 0 Å². The maximum atomic E-state index is 13.3. The highest BCUT2D eigenvalue weighted by molar-refractivity contribution is 7.99.